The predicted octanol–water partition coefficient (Wildman–Crippen LogP) is 4.97. The number of rotatable bonds is 6. The Kier molecular flexibility index (Phi) is 6.38. The Bertz CT molecular complexity index is 1080. The molecule has 0 saturated carbocycles. The van der Waals surface area contributed by atoms with Gasteiger partial charge in [0.15, 0.2) is 0 Å². The summed E-state index contributed by atoms with van der Waals surface area (Å²) in [5, 5.41) is 8.63. The zero-order chi connectivity index (χ0) is 20.3. The van der Waals surface area contributed by atoms with Gasteiger partial charge < -0.3 is 4.42 Å². The summed E-state index contributed by atoms with van der Waals surface area (Å²) in [6, 6.07) is 14.8. The normalized spacial score (nSPS) is 15.5. The van der Waals surface area contributed by atoms with Gasteiger partial charge in [-0.05, 0) is 48.7 Å². The van der Waals surface area contributed by atoms with Gasteiger partial charge in [-0.15, -0.1) is 10.2 Å². The Hall–Kier alpha value is -1.68. The summed E-state index contributed by atoms with van der Waals surface area (Å²) in [5.74, 6) is 1.03. The van der Waals surface area contributed by atoms with Crippen molar-refractivity contribution in [3.63, 3.8) is 0 Å². The summed E-state index contributed by atoms with van der Waals surface area (Å²) in [7, 11) is -3.50. The third-order valence-electron chi connectivity index (χ3n) is 4.72. The van der Waals surface area contributed by atoms with Crippen molar-refractivity contribution in [3.05, 3.63) is 58.6 Å². The topological polar surface area (TPSA) is 76.3 Å². The predicted molar refractivity (Wildman–Crippen MR) is 116 cm³/mol. The number of aromatic nitrogens is 2. The quantitative estimate of drug-likeness (QED) is 0.451. The summed E-state index contributed by atoms with van der Waals surface area (Å²) in [5.41, 5.74) is 1.75. The van der Waals surface area contributed by atoms with Crippen molar-refractivity contribution >= 4 is 37.7 Å². The fourth-order valence-corrected chi connectivity index (χ4v) is 5.70. The summed E-state index contributed by atoms with van der Waals surface area (Å²) >= 11 is 4.87. The van der Waals surface area contributed by atoms with Crippen LogP contribution in [0.1, 0.15) is 24.8 Å². The van der Waals surface area contributed by atoms with Crippen LogP contribution in [0.2, 0.25) is 0 Å². The first kappa shape index (κ1) is 20.6. The molecule has 0 radical (unpaired) electrons. The second kappa shape index (κ2) is 8.99. The highest BCUT2D eigenvalue weighted by Gasteiger charge is 2.26. The minimum Gasteiger partial charge on any atom is -0.411 e. The number of nitrogens with zero attached hydrogens (tertiary/aromatic N) is 3. The van der Waals surface area contributed by atoms with Crippen LogP contribution in [0, 0.1) is 0 Å². The monoisotopic (exact) mass is 493 g/mol. The molecule has 9 heteroatoms. The fraction of sp³-hybridized carbons (Fsp3) is 0.300. The van der Waals surface area contributed by atoms with Crippen molar-refractivity contribution in [2.24, 2.45) is 0 Å². The van der Waals surface area contributed by atoms with Crippen LogP contribution in [-0.2, 0) is 15.8 Å². The van der Waals surface area contributed by atoms with Gasteiger partial charge in [-0.25, -0.2) is 8.42 Å². The summed E-state index contributed by atoms with van der Waals surface area (Å²) in [6.45, 7) is 1.15. The van der Waals surface area contributed by atoms with Gasteiger partial charge in [0.1, 0.15) is 0 Å². The molecule has 1 saturated heterocycles. The smallest absolute Gasteiger partial charge is 0.277 e. The van der Waals surface area contributed by atoms with Gasteiger partial charge in [-0.3, -0.25) is 0 Å². The highest BCUT2D eigenvalue weighted by Crippen LogP contribution is 2.28. The van der Waals surface area contributed by atoms with Gasteiger partial charge in [-0.2, -0.15) is 4.31 Å². The third kappa shape index (κ3) is 4.91. The molecule has 2 heterocycles. The number of halogens is 1. The molecular formula is C20H20BrN3O3S2. The van der Waals surface area contributed by atoms with E-state index < -0.39 is 10.0 Å². The van der Waals surface area contributed by atoms with Gasteiger partial charge in [0, 0.05) is 28.9 Å². The van der Waals surface area contributed by atoms with E-state index in [0.29, 0.717) is 35.5 Å². The number of thioether (sulfide) groups is 1. The van der Waals surface area contributed by atoms with E-state index in [2.05, 4.69) is 26.1 Å². The van der Waals surface area contributed by atoms with Gasteiger partial charge in [0.25, 0.3) is 5.22 Å². The first-order chi connectivity index (χ1) is 14.0. The van der Waals surface area contributed by atoms with Crippen LogP contribution in [0.4, 0.5) is 0 Å². The molecular weight excluding hydrogens is 474 g/mol. The van der Waals surface area contributed by atoms with Crippen molar-refractivity contribution < 1.29 is 12.8 Å². The summed E-state index contributed by atoms with van der Waals surface area (Å²) in [4.78, 5) is 0.263. The van der Waals surface area contributed by atoms with E-state index in [1.165, 1.54) is 11.8 Å². The maximum absolute atomic E-state index is 12.9. The second-order valence-corrected chi connectivity index (χ2v) is 10.6. The van der Waals surface area contributed by atoms with Crippen LogP contribution in [0.15, 0.2) is 67.5 Å². The van der Waals surface area contributed by atoms with E-state index in [-0.39, 0.29) is 4.90 Å². The molecule has 4 rings (SSSR count). The van der Waals surface area contributed by atoms with Gasteiger partial charge in [0.2, 0.25) is 15.9 Å². The van der Waals surface area contributed by atoms with E-state index in [1.54, 1.807) is 28.6 Å². The van der Waals surface area contributed by atoms with Crippen molar-refractivity contribution in [1.82, 2.24) is 14.5 Å². The lowest BCUT2D eigenvalue weighted by molar-refractivity contribution is 0.346. The summed E-state index contributed by atoms with van der Waals surface area (Å²) in [6.07, 6.45) is 2.89. The summed E-state index contributed by atoms with van der Waals surface area (Å²) < 4.78 is 34.2. The Morgan fingerprint density at radius 1 is 1.03 bits per heavy atom. The lowest BCUT2D eigenvalue weighted by atomic mass is 10.2. The molecule has 29 heavy (non-hydrogen) atoms. The third-order valence-corrected chi connectivity index (χ3v) is 8.03. The SMILES string of the molecule is O=S(=O)(c1cccc(-c2nnc(SCc3ccc(Br)cc3)o2)c1)N1CCCCC1. The Labute approximate surface area is 182 Å². The second-order valence-electron chi connectivity index (χ2n) is 6.78. The first-order valence-electron chi connectivity index (χ1n) is 9.34. The molecule has 0 spiro atoms. The molecule has 2 aromatic carbocycles. The zero-order valence-electron chi connectivity index (χ0n) is 15.6. The van der Waals surface area contributed by atoms with Crippen molar-refractivity contribution in [2.45, 2.75) is 35.1 Å². The minimum atomic E-state index is -3.50. The molecule has 0 N–H and O–H groups in total. The molecule has 1 aliphatic rings. The molecule has 1 aliphatic heterocycles. The maximum Gasteiger partial charge on any atom is 0.277 e. The Morgan fingerprint density at radius 2 is 1.79 bits per heavy atom. The largest absolute Gasteiger partial charge is 0.411 e. The average molecular weight is 494 g/mol. The molecule has 1 aromatic heterocycles. The lowest BCUT2D eigenvalue weighted by Gasteiger charge is -2.25. The van der Waals surface area contributed by atoms with E-state index in [0.717, 1.165) is 29.3 Å². The molecule has 0 unspecified atom stereocenters. The maximum atomic E-state index is 12.9. The number of benzene rings is 2. The Balaban J connectivity index is 1.49. The molecule has 0 aliphatic carbocycles. The highest BCUT2D eigenvalue weighted by molar-refractivity contribution is 9.10. The van der Waals surface area contributed by atoms with Crippen LogP contribution in [0.5, 0.6) is 0 Å². The molecule has 6 nitrogen and oxygen atoms in total. The molecule has 0 bridgehead atoms. The van der Waals surface area contributed by atoms with Crippen LogP contribution < -0.4 is 0 Å². The standard InChI is InChI=1S/C20H20BrN3O3S2/c21-17-9-7-15(8-10-17)14-28-20-23-22-19(27-20)16-5-4-6-18(13-16)29(25,26)24-11-2-1-3-12-24/h4-10,13H,1-3,11-12,14H2. The lowest BCUT2D eigenvalue weighted by Crippen LogP contribution is -2.35. The molecule has 0 amide bonds. The van der Waals surface area contributed by atoms with E-state index in [1.807, 2.05) is 24.3 Å². The molecule has 0 atom stereocenters. The molecule has 152 valence electrons. The van der Waals surface area contributed by atoms with Gasteiger partial charge in [-0.1, -0.05) is 52.3 Å². The number of sulfonamides is 1. The van der Waals surface area contributed by atoms with E-state index in [4.69, 9.17) is 4.42 Å². The first-order valence-corrected chi connectivity index (χ1v) is 12.6. The molecule has 3 aromatic rings. The average Bonchev–Trinajstić information content (AvgIpc) is 3.23. The van der Waals surface area contributed by atoms with Crippen LogP contribution in [-0.4, -0.2) is 36.0 Å². The number of piperidine rings is 1. The number of hydrogen-bond acceptors (Lipinski definition) is 6. The minimum absolute atomic E-state index is 0.263. The molecule has 1 fully saturated rings. The highest BCUT2D eigenvalue weighted by atomic mass is 79.9. The van der Waals surface area contributed by atoms with Gasteiger partial charge in [0.05, 0.1) is 4.90 Å². The van der Waals surface area contributed by atoms with Crippen molar-refractivity contribution in [2.75, 3.05) is 13.1 Å². The van der Waals surface area contributed by atoms with Crippen LogP contribution >= 0.6 is 27.7 Å². The van der Waals surface area contributed by atoms with Crippen molar-refractivity contribution in [3.8, 4) is 11.5 Å². The van der Waals surface area contributed by atoms with Crippen molar-refractivity contribution in [1.29, 1.82) is 0 Å². The van der Waals surface area contributed by atoms with Crippen LogP contribution in [0.3, 0.4) is 0 Å². The van der Waals surface area contributed by atoms with E-state index >= 15 is 0 Å². The van der Waals surface area contributed by atoms with E-state index in [9.17, 15) is 8.42 Å². The Morgan fingerprint density at radius 3 is 2.55 bits per heavy atom. The zero-order valence-corrected chi connectivity index (χ0v) is 18.8. The number of hydrogen-bond donors (Lipinski definition) is 0. The van der Waals surface area contributed by atoms with Crippen LogP contribution in [0.25, 0.3) is 11.5 Å². The fourth-order valence-electron chi connectivity index (χ4n) is 3.15. The van der Waals surface area contributed by atoms with Gasteiger partial charge >= 0.3 is 0 Å².